The third-order valence-corrected chi connectivity index (χ3v) is 7.91. The molecule has 126 valence electrons. The van der Waals surface area contributed by atoms with Gasteiger partial charge >= 0.3 is 15.2 Å². The fraction of sp³-hybridized carbons (Fsp3) is 0.571. The SMILES string of the molecule is CC(C)(CP(=O)(O)O)C(C)(C)P(=O)(O)OCc1ccccc1. The first-order valence-corrected chi connectivity index (χ1v) is 10.2. The van der Waals surface area contributed by atoms with E-state index in [-0.39, 0.29) is 6.61 Å². The summed E-state index contributed by atoms with van der Waals surface area (Å²) in [6, 6.07) is 8.96. The van der Waals surface area contributed by atoms with Crippen LogP contribution in [0, 0.1) is 5.41 Å². The molecule has 0 aliphatic rings. The average molecular weight is 350 g/mol. The van der Waals surface area contributed by atoms with E-state index >= 15 is 0 Å². The molecule has 0 saturated heterocycles. The van der Waals surface area contributed by atoms with Crippen LogP contribution in [-0.4, -0.2) is 26.0 Å². The summed E-state index contributed by atoms with van der Waals surface area (Å²) in [7, 11) is -8.43. The van der Waals surface area contributed by atoms with Crippen molar-refractivity contribution in [3.8, 4) is 0 Å². The van der Waals surface area contributed by atoms with Gasteiger partial charge in [0.1, 0.15) is 0 Å². The minimum Gasteiger partial charge on any atom is -0.324 e. The Morgan fingerprint density at radius 2 is 1.50 bits per heavy atom. The molecule has 1 aromatic carbocycles. The van der Waals surface area contributed by atoms with Crippen molar-refractivity contribution in [3.63, 3.8) is 0 Å². The van der Waals surface area contributed by atoms with Crippen LogP contribution in [-0.2, 0) is 20.3 Å². The summed E-state index contributed by atoms with van der Waals surface area (Å²) < 4.78 is 29.1. The van der Waals surface area contributed by atoms with E-state index < -0.39 is 31.9 Å². The Morgan fingerprint density at radius 1 is 1.00 bits per heavy atom. The third kappa shape index (κ3) is 4.76. The molecule has 0 heterocycles. The van der Waals surface area contributed by atoms with Crippen molar-refractivity contribution >= 4 is 15.2 Å². The van der Waals surface area contributed by atoms with E-state index in [0.29, 0.717) is 0 Å². The summed E-state index contributed by atoms with van der Waals surface area (Å²) in [6.07, 6.45) is -0.494. The van der Waals surface area contributed by atoms with Crippen molar-refractivity contribution in [1.82, 2.24) is 0 Å². The summed E-state index contributed by atoms with van der Waals surface area (Å²) in [5.74, 6) is 0. The van der Waals surface area contributed by atoms with Gasteiger partial charge in [-0.15, -0.1) is 0 Å². The Morgan fingerprint density at radius 3 is 1.95 bits per heavy atom. The zero-order valence-corrected chi connectivity index (χ0v) is 15.1. The summed E-state index contributed by atoms with van der Waals surface area (Å²) in [5.41, 5.74) is -0.340. The minimum absolute atomic E-state index is 0.0377. The fourth-order valence-corrected chi connectivity index (χ4v) is 5.03. The van der Waals surface area contributed by atoms with E-state index in [9.17, 15) is 23.8 Å². The predicted octanol–water partition coefficient (Wildman–Crippen LogP) is 3.37. The van der Waals surface area contributed by atoms with Crippen LogP contribution in [0.2, 0.25) is 0 Å². The Kier molecular flexibility index (Phi) is 5.84. The van der Waals surface area contributed by atoms with E-state index in [0.717, 1.165) is 5.56 Å². The smallest absolute Gasteiger partial charge is 0.324 e. The van der Waals surface area contributed by atoms with Crippen molar-refractivity contribution in [2.24, 2.45) is 5.41 Å². The lowest BCUT2D eigenvalue weighted by Gasteiger charge is -2.43. The molecule has 0 aliphatic heterocycles. The maximum absolute atomic E-state index is 12.6. The highest BCUT2D eigenvalue weighted by atomic mass is 31.2. The zero-order valence-electron chi connectivity index (χ0n) is 13.3. The summed E-state index contributed by atoms with van der Waals surface area (Å²) in [4.78, 5) is 28.7. The molecule has 0 radical (unpaired) electrons. The molecule has 0 aliphatic carbocycles. The molecular formula is C14H24O6P2. The highest BCUT2D eigenvalue weighted by Gasteiger charge is 2.53. The molecule has 1 aromatic rings. The fourth-order valence-electron chi connectivity index (χ4n) is 1.99. The minimum atomic E-state index is -4.32. The quantitative estimate of drug-likeness (QED) is 0.651. The Labute approximate surface area is 131 Å². The zero-order chi connectivity index (χ0) is 17.2. The molecule has 1 rings (SSSR count). The van der Waals surface area contributed by atoms with Crippen molar-refractivity contribution in [2.75, 3.05) is 6.16 Å². The van der Waals surface area contributed by atoms with Gasteiger partial charge in [-0.2, -0.15) is 0 Å². The van der Waals surface area contributed by atoms with Crippen LogP contribution in [0.4, 0.5) is 0 Å². The van der Waals surface area contributed by atoms with E-state index in [1.54, 1.807) is 38.1 Å². The van der Waals surface area contributed by atoms with E-state index in [1.165, 1.54) is 13.8 Å². The number of benzene rings is 1. The molecule has 0 spiro atoms. The lowest BCUT2D eigenvalue weighted by Crippen LogP contribution is -2.42. The third-order valence-electron chi connectivity index (χ3n) is 4.21. The second kappa shape index (κ2) is 6.56. The second-order valence-corrected chi connectivity index (χ2v) is 10.6. The highest BCUT2D eigenvalue weighted by molar-refractivity contribution is 7.55. The molecule has 1 atom stereocenters. The molecule has 3 N–H and O–H groups in total. The summed E-state index contributed by atoms with van der Waals surface area (Å²) >= 11 is 0. The summed E-state index contributed by atoms with van der Waals surface area (Å²) in [5, 5.41) is -1.32. The largest absolute Gasteiger partial charge is 0.334 e. The van der Waals surface area contributed by atoms with Crippen molar-refractivity contribution < 1.29 is 28.3 Å². The molecule has 0 saturated carbocycles. The highest BCUT2D eigenvalue weighted by Crippen LogP contribution is 2.64. The van der Waals surface area contributed by atoms with Gasteiger partial charge in [-0.3, -0.25) is 9.13 Å². The molecular weight excluding hydrogens is 326 g/mol. The van der Waals surface area contributed by atoms with Gasteiger partial charge < -0.3 is 19.2 Å². The van der Waals surface area contributed by atoms with E-state index in [1.807, 2.05) is 6.07 Å². The molecule has 0 fully saturated rings. The first-order valence-electron chi connectivity index (χ1n) is 6.84. The molecule has 8 heteroatoms. The first kappa shape index (κ1) is 19.6. The van der Waals surface area contributed by atoms with E-state index in [2.05, 4.69) is 0 Å². The Balaban J connectivity index is 2.93. The van der Waals surface area contributed by atoms with Gasteiger partial charge in [0, 0.05) is 0 Å². The van der Waals surface area contributed by atoms with Crippen LogP contribution in [0.1, 0.15) is 33.3 Å². The van der Waals surface area contributed by atoms with Gasteiger partial charge in [0.15, 0.2) is 0 Å². The maximum atomic E-state index is 12.6. The van der Waals surface area contributed by atoms with E-state index in [4.69, 9.17) is 4.52 Å². The van der Waals surface area contributed by atoms with Crippen LogP contribution < -0.4 is 0 Å². The standard InChI is InChI=1S/C14H24O6P2/c1-13(2,11-21(15,16)17)14(3,4)22(18,19)20-10-12-8-6-5-7-9-12/h5-9H,10-11H2,1-4H3,(H,18,19)(H2,15,16,17). The first-order chi connectivity index (χ1) is 9.79. The van der Waals surface area contributed by atoms with Gasteiger partial charge in [-0.1, -0.05) is 44.2 Å². The van der Waals surface area contributed by atoms with Crippen molar-refractivity contribution in [2.45, 2.75) is 39.5 Å². The number of hydrogen-bond donors (Lipinski definition) is 3. The second-order valence-electron chi connectivity index (χ2n) is 6.55. The normalized spacial score (nSPS) is 16.3. The lowest BCUT2D eigenvalue weighted by molar-refractivity contribution is 0.185. The van der Waals surface area contributed by atoms with Crippen molar-refractivity contribution in [3.05, 3.63) is 35.9 Å². The van der Waals surface area contributed by atoms with Gasteiger partial charge in [-0.25, -0.2) is 0 Å². The van der Waals surface area contributed by atoms with Crippen molar-refractivity contribution in [1.29, 1.82) is 0 Å². The van der Waals surface area contributed by atoms with Gasteiger partial charge in [0.05, 0.1) is 17.9 Å². The Hall–Kier alpha value is -0.480. The summed E-state index contributed by atoms with van der Waals surface area (Å²) in [6.45, 7) is 6.06. The molecule has 0 aromatic heterocycles. The van der Waals surface area contributed by atoms with Gasteiger partial charge in [0.2, 0.25) is 0 Å². The molecule has 0 amide bonds. The predicted molar refractivity (Wildman–Crippen MR) is 85.8 cm³/mol. The topological polar surface area (TPSA) is 104 Å². The van der Waals surface area contributed by atoms with Gasteiger partial charge in [0.25, 0.3) is 0 Å². The Bertz CT molecular complexity index is 591. The average Bonchev–Trinajstić information content (AvgIpc) is 2.34. The number of hydrogen-bond acceptors (Lipinski definition) is 3. The van der Waals surface area contributed by atoms with Crippen LogP contribution in [0.3, 0.4) is 0 Å². The van der Waals surface area contributed by atoms with Crippen LogP contribution >= 0.6 is 15.2 Å². The molecule has 1 unspecified atom stereocenters. The maximum Gasteiger partial charge on any atom is 0.334 e. The van der Waals surface area contributed by atoms with Crippen LogP contribution in [0.15, 0.2) is 30.3 Å². The van der Waals surface area contributed by atoms with Crippen LogP contribution in [0.5, 0.6) is 0 Å². The molecule has 6 nitrogen and oxygen atoms in total. The molecule has 0 bridgehead atoms. The van der Waals surface area contributed by atoms with Gasteiger partial charge in [-0.05, 0) is 24.8 Å². The lowest BCUT2D eigenvalue weighted by atomic mass is 9.82. The monoisotopic (exact) mass is 350 g/mol. The number of rotatable bonds is 7. The molecule has 22 heavy (non-hydrogen) atoms. The van der Waals surface area contributed by atoms with Crippen LogP contribution in [0.25, 0.3) is 0 Å².